The summed E-state index contributed by atoms with van der Waals surface area (Å²) in [5, 5.41) is 4.23. The summed E-state index contributed by atoms with van der Waals surface area (Å²) in [6, 6.07) is 1.73. The van der Waals surface area contributed by atoms with E-state index in [1.807, 2.05) is 0 Å². The number of hydrogen-bond donors (Lipinski definition) is 1. The summed E-state index contributed by atoms with van der Waals surface area (Å²) in [5.41, 5.74) is 0. The van der Waals surface area contributed by atoms with Crippen LogP contribution in [0.15, 0.2) is 0 Å². The van der Waals surface area contributed by atoms with Gasteiger partial charge in [-0.3, -0.25) is 0 Å². The maximum absolute atomic E-state index is 4.23. The first-order valence-corrected chi connectivity index (χ1v) is 9.46. The molecular weight excluding hydrogens is 242 g/mol. The molecule has 20 heavy (non-hydrogen) atoms. The van der Waals surface area contributed by atoms with E-state index in [0.29, 0.717) is 0 Å². The van der Waals surface area contributed by atoms with Crippen LogP contribution >= 0.6 is 0 Å². The van der Waals surface area contributed by atoms with Crippen LogP contribution in [0, 0.1) is 35.5 Å². The van der Waals surface area contributed by atoms with E-state index in [2.05, 4.69) is 19.2 Å². The Morgan fingerprint density at radius 3 is 2.00 bits per heavy atom. The van der Waals surface area contributed by atoms with Crippen LogP contribution in [0.25, 0.3) is 0 Å². The van der Waals surface area contributed by atoms with Crippen LogP contribution in [0.3, 0.4) is 0 Å². The maximum Gasteiger partial charge on any atom is 0.0127 e. The lowest BCUT2D eigenvalue weighted by atomic mass is 9.54. The minimum Gasteiger partial charge on any atom is -0.310 e. The molecule has 0 spiro atoms. The van der Waals surface area contributed by atoms with Crippen LogP contribution in [-0.4, -0.2) is 12.1 Å². The van der Waals surface area contributed by atoms with Crippen molar-refractivity contribution in [2.24, 2.45) is 35.5 Å². The van der Waals surface area contributed by atoms with E-state index in [1.54, 1.807) is 32.1 Å². The second-order valence-electron chi connectivity index (χ2n) is 8.92. The summed E-state index contributed by atoms with van der Waals surface area (Å²) in [6.07, 6.45) is 13.7. The van der Waals surface area contributed by atoms with Crippen molar-refractivity contribution in [2.45, 2.75) is 83.7 Å². The first kappa shape index (κ1) is 13.6. The Hall–Kier alpha value is -0.0400. The maximum atomic E-state index is 4.23. The molecule has 5 aliphatic rings. The lowest BCUT2D eigenvalue weighted by Crippen LogP contribution is -2.58. The zero-order valence-electron chi connectivity index (χ0n) is 13.5. The average molecular weight is 275 g/mol. The molecular formula is C19H33N. The first-order chi connectivity index (χ1) is 9.70. The van der Waals surface area contributed by atoms with Gasteiger partial charge < -0.3 is 5.32 Å². The molecule has 0 aromatic rings. The lowest BCUT2D eigenvalue weighted by Gasteiger charge is -2.56. The Labute approximate surface area is 125 Å². The van der Waals surface area contributed by atoms with Gasteiger partial charge in [-0.05, 0) is 80.5 Å². The van der Waals surface area contributed by atoms with Gasteiger partial charge in [0.05, 0.1) is 0 Å². The van der Waals surface area contributed by atoms with E-state index in [0.717, 1.165) is 47.6 Å². The van der Waals surface area contributed by atoms with Gasteiger partial charge in [-0.25, -0.2) is 0 Å². The van der Waals surface area contributed by atoms with Crippen molar-refractivity contribution in [1.29, 1.82) is 0 Å². The second-order valence-corrected chi connectivity index (χ2v) is 8.92. The second kappa shape index (κ2) is 5.30. The Bertz CT molecular complexity index is 320. The van der Waals surface area contributed by atoms with Crippen molar-refractivity contribution < 1.29 is 0 Å². The average Bonchev–Trinajstić information content (AvgIpc) is 2.42. The highest BCUT2D eigenvalue weighted by molar-refractivity contribution is 5.02. The standard InChI is InChI=1S/C19H33N/c1-12(2)17-5-3-4-6-18(17)20-19-15-8-13-7-14(10-15)11-16(19)9-13/h12-20H,3-11H2,1-2H3. The molecule has 5 saturated carbocycles. The Morgan fingerprint density at radius 1 is 0.800 bits per heavy atom. The highest BCUT2D eigenvalue weighted by Crippen LogP contribution is 2.54. The Morgan fingerprint density at radius 2 is 1.40 bits per heavy atom. The molecule has 1 N–H and O–H groups in total. The lowest BCUT2D eigenvalue weighted by molar-refractivity contribution is -0.0239. The fourth-order valence-corrected chi connectivity index (χ4v) is 6.61. The first-order valence-electron chi connectivity index (χ1n) is 9.46. The molecule has 4 bridgehead atoms. The van der Waals surface area contributed by atoms with E-state index in [-0.39, 0.29) is 0 Å². The summed E-state index contributed by atoms with van der Waals surface area (Å²) < 4.78 is 0. The fourth-order valence-electron chi connectivity index (χ4n) is 6.61. The van der Waals surface area contributed by atoms with Crippen molar-refractivity contribution in [3.63, 3.8) is 0 Å². The molecule has 114 valence electrons. The third-order valence-electron chi connectivity index (χ3n) is 7.31. The normalized spacial score (nSPS) is 50.9. The largest absolute Gasteiger partial charge is 0.310 e. The predicted octanol–water partition coefficient (Wildman–Crippen LogP) is 4.62. The molecule has 5 rings (SSSR count). The molecule has 2 unspecified atom stereocenters. The van der Waals surface area contributed by atoms with E-state index >= 15 is 0 Å². The Balaban J connectivity index is 1.45. The molecule has 0 heterocycles. The summed E-state index contributed by atoms with van der Waals surface area (Å²) in [4.78, 5) is 0. The van der Waals surface area contributed by atoms with Gasteiger partial charge in [-0.1, -0.05) is 26.7 Å². The minimum atomic E-state index is 0.839. The topological polar surface area (TPSA) is 12.0 Å². The van der Waals surface area contributed by atoms with Crippen LogP contribution in [-0.2, 0) is 0 Å². The van der Waals surface area contributed by atoms with Gasteiger partial charge in [0.25, 0.3) is 0 Å². The van der Waals surface area contributed by atoms with Gasteiger partial charge in [-0.15, -0.1) is 0 Å². The summed E-state index contributed by atoms with van der Waals surface area (Å²) in [6.45, 7) is 4.89. The number of hydrogen-bond acceptors (Lipinski definition) is 1. The van der Waals surface area contributed by atoms with E-state index in [1.165, 1.54) is 25.7 Å². The SMILES string of the molecule is CC(C)C1CCCCC1NC1C2CC3CC(C2)CC1C3. The third kappa shape index (κ3) is 2.34. The molecule has 0 saturated heterocycles. The molecule has 5 aliphatic carbocycles. The van der Waals surface area contributed by atoms with Crippen molar-refractivity contribution in [3.05, 3.63) is 0 Å². The van der Waals surface area contributed by atoms with Crippen LogP contribution in [0.5, 0.6) is 0 Å². The zero-order chi connectivity index (χ0) is 13.7. The molecule has 0 aromatic carbocycles. The minimum absolute atomic E-state index is 0.839. The molecule has 0 amide bonds. The molecule has 2 atom stereocenters. The number of rotatable bonds is 3. The van der Waals surface area contributed by atoms with Gasteiger partial charge in [0, 0.05) is 12.1 Å². The monoisotopic (exact) mass is 275 g/mol. The molecule has 1 heteroatoms. The summed E-state index contributed by atoms with van der Waals surface area (Å²) in [5.74, 6) is 6.12. The molecule has 0 radical (unpaired) electrons. The van der Waals surface area contributed by atoms with Crippen molar-refractivity contribution in [3.8, 4) is 0 Å². The highest BCUT2D eigenvalue weighted by Gasteiger charge is 2.48. The van der Waals surface area contributed by atoms with E-state index < -0.39 is 0 Å². The highest BCUT2D eigenvalue weighted by atomic mass is 15.0. The quantitative estimate of drug-likeness (QED) is 0.793. The van der Waals surface area contributed by atoms with E-state index in [4.69, 9.17) is 0 Å². The smallest absolute Gasteiger partial charge is 0.0127 e. The van der Waals surface area contributed by atoms with Crippen molar-refractivity contribution in [1.82, 2.24) is 5.32 Å². The van der Waals surface area contributed by atoms with Gasteiger partial charge >= 0.3 is 0 Å². The fraction of sp³-hybridized carbons (Fsp3) is 1.00. The Kier molecular flexibility index (Phi) is 3.61. The van der Waals surface area contributed by atoms with Crippen LogP contribution in [0.2, 0.25) is 0 Å². The zero-order valence-corrected chi connectivity index (χ0v) is 13.5. The van der Waals surface area contributed by atoms with Crippen LogP contribution < -0.4 is 5.32 Å². The summed E-state index contributed by atoms with van der Waals surface area (Å²) in [7, 11) is 0. The van der Waals surface area contributed by atoms with E-state index in [9.17, 15) is 0 Å². The van der Waals surface area contributed by atoms with Gasteiger partial charge in [0.15, 0.2) is 0 Å². The van der Waals surface area contributed by atoms with Crippen molar-refractivity contribution >= 4 is 0 Å². The van der Waals surface area contributed by atoms with Gasteiger partial charge in [0.2, 0.25) is 0 Å². The molecule has 5 fully saturated rings. The summed E-state index contributed by atoms with van der Waals surface area (Å²) >= 11 is 0. The molecule has 1 nitrogen and oxygen atoms in total. The van der Waals surface area contributed by atoms with Crippen LogP contribution in [0.4, 0.5) is 0 Å². The van der Waals surface area contributed by atoms with Gasteiger partial charge in [0.1, 0.15) is 0 Å². The molecule has 0 aliphatic heterocycles. The third-order valence-corrected chi connectivity index (χ3v) is 7.31. The number of nitrogens with one attached hydrogen (secondary N) is 1. The van der Waals surface area contributed by atoms with Crippen molar-refractivity contribution in [2.75, 3.05) is 0 Å². The van der Waals surface area contributed by atoms with Crippen LogP contribution in [0.1, 0.15) is 71.6 Å². The molecule has 0 aromatic heterocycles. The van der Waals surface area contributed by atoms with Gasteiger partial charge in [-0.2, -0.15) is 0 Å². The predicted molar refractivity (Wildman–Crippen MR) is 84.6 cm³/mol.